The summed E-state index contributed by atoms with van der Waals surface area (Å²) in [5.74, 6) is 0. The van der Waals surface area contributed by atoms with Crippen LogP contribution in [0.2, 0.25) is 0 Å². The quantitative estimate of drug-likeness (QED) is 0.298. The molecule has 158 valence electrons. The van der Waals surface area contributed by atoms with Crippen LogP contribution in [0.25, 0.3) is 0 Å². The van der Waals surface area contributed by atoms with E-state index in [0.29, 0.717) is 0 Å². The fraction of sp³-hybridized carbons (Fsp3) is 0. The minimum absolute atomic E-state index is 0.0146. The Morgan fingerprint density at radius 2 is 0.794 bits per heavy atom. The molecule has 0 aromatic heterocycles. The monoisotopic (exact) mass is 453 g/mol. The third-order valence-corrected chi connectivity index (χ3v) is 6.98. The van der Waals surface area contributed by atoms with Crippen molar-refractivity contribution < 1.29 is 0 Å². The van der Waals surface area contributed by atoms with Crippen LogP contribution in [0, 0.1) is 56.7 Å². The van der Waals surface area contributed by atoms with E-state index in [0.717, 1.165) is 0 Å². The average molecular weight is 454 g/mol. The van der Waals surface area contributed by atoms with Crippen molar-refractivity contribution in [3.8, 4) is 30.3 Å². The van der Waals surface area contributed by atoms with Gasteiger partial charge < -0.3 is 0 Å². The van der Waals surface area contributed by atoms with Crippen molar-refractivity contribution in [3.05, 3.63) is 119 Å². The minimum atomic E-state index is -0.201. The van der Waals surface area contributed by atoms with Crippen LogP contribution in [-0.2, 0) is 10.9 Å². The molecule has 34 heavy (non-hydrogen) atoms. The van der Waals surface area contributed by atoms with E-state index >= 15 is 0 Å². The zero-order chi connectivity index (χ0) is 24.3. The van der Waals surface area contributed by atoms with E-state index < -0.39 is 0 Å². The zero-order valence-electron chi connectivity index (χ0n) is 17.8. The van der Waals surface area contributed by atoms with Gasteiger partial charge in [0.2, 0.25) is 0 Å². The first-order chi connectivity index (χ1) is 16.7. The molecular formula is C28H15N5S. The number of hydrogen-bond acceptors (Lipinski definition) is 5. The Labute approximate surface area is 200 Å². The van der Waals surface area contributed by atoms with Crippen molar-refractivity contribution in [3.63, 3.8) is 0 Å². The van der Waals surface area contributed by atoms with Crippen LogP contribution in [0.1, 0.15) is 27.8 Å². The Balaban J connectivity index is 0.000000197. The van der Waals surface area contributed by atoms with Gasteiger partial charge in [-0.3, -0.25) is 0 Å². The number of nitriles is 5. The van der Waals surface area contributed by atoms with Gasteiger partial charge in [-0.25, -0.2) is 26.3 Å². The molecule has 0 aliphatic heterocycles. The average Bonchev–Trinajstić information content (AvgIpc) is 3.22. The van der Waals surface area contributed by atoms with Crippen LogP contribution in [-0.4, -0.2) is 0 Å². The Morgan fingerprint density at radius 1 is 0.471 bits per heavy atom. The SMILES string of the molecule is N#Cc1c(C#N)c(C#N)[c-](C#N)c1C#N.c1ccc([S+](c2ccccc2)c2ccccc2)cc1. The number of benzene rings is 3. The lowest BCUT2D eigenvalue weighted by atomic mass is 10.1. The highest BCUT2D eigenvalue weighted by molar-refractivity contribution is 7.97. The molecule has 0 N–H and O–H groups in total. The highest BCUT2D eigenvalue weighted by atomic mass is 32.2. The van der Waals surface area contributed by atoms with Gasteiger partial charge in [-0.15, -0.1) is 0 Å². The first-order valence-electron chi connectivity index (χ1n) is 9.96. The van der Waals surface area contributed by atoms with Gasteiger partial charge in [0.1, 0.15) is 0 Å². The van der Waals surface area contributed by atoms with Crippen LogP contribution >= 0.6 is 0 Å². The second-order valence-corrected chi connectivity index (χ2v) is 8.71. The molecule has 0 fully saturated rings. The molecule has 0 saturated carbocycles. The van der Waals surface area contributed by atoms with E-state index in [1.165, 1.54) is 14.7 Å². The number of rotatable bonds is 3. The smallest absolute Gasteiger partial charge is 0.166 e. The van der Waals surface area contributed by atoms with Crippen LogP contribution < -0.4 is 0 Å². The van der Waals surface area contributed by atoms with Crippen molar-refractivity contribution in [1.82, 2.24) is 0 Å². The molecule has 0 amide bonds. The molecule has 0 spiro atoms. The summed E-state index contributed by atoms with van der Waals surface area (Å²) < 4.78 is 0. The van der Waals surface area contributed by atoms with Crippen molar-refractivity contribution in [1.29, 1.82) is 26.3 Å². The molecule has 4 aromatic rings. The largest absolute Gasteiger partial charge is 0.248 e. The number of nitrogens with zero attached hydrogens (tertiary/aromatic N) is 5. The molecule has 4 aromatic carbocycles. The van der Waals surface area contributed by atoms with Gasteiger partial charge in [-0.05, 0) is 70.8 Å². The maximum absolute atomic E-state index is 8.72. The molecule has 0 radical (unpaired) electrons. The predicted molar refractivity (Wildman–Crippen MR) is 127 cm³/mol. The van der Waals surface area contributed by atoms with Gasteiger partial charge in [-0.2, -0.15) is 0 Å². The Morgan fingerprint density at radius 3 is 1.03 bits per heavy atom. The highest BCUT2D eigenvalue weighted by Crippen LogP contribution is 2.30. The molecule has 0 saturated heterocycles. The summed E-state index contributed by atoms with van der Waals surface area (Å²) in [5.41, 5.74) is -1.00. The van der Waals surface area contributed by atoms with E-state index in [2.05, 4.69) is 91.0 Å². The maximum Gasteiger partial charge on any atom is 0.166 e. The predicted octanol–water partition coefficient (Wildman–Crippen LogP) is 5.55. The molecular weight excluding hydrogens is 438 g/mol. The third-order valence-electron chi connectivity index (χ3n) is 4.75. The molecule has 6 heteroatoms. The fourth-order valence-corrected chi connectivity index (χ4v) is 5.37. The van der Waals surface area contributed by atoms with Crippen LogP contribution in [0.15, 0.2) is 106 Å². The summed E-state index contributed by atoms with van der Waals surface area (Å²) in [5, 5.41) is 43.6. The Hall–Kier alpha value is -5.19. The number of hydrogen-bond donors (Lipinski definition) is 0. The van der Waals surface area contributed by atoms with Crippen molar-refractivity contribution in [2.45, 2.75) is 14.7 Å². The zero-order valence-corrected chi connectivity index (χ0v) is 18.6. The van der Waals surface area contributed by atoms with E-state index in [1.807, 2.05) is 0 Å². The first-order valence-corrected chi connectivity index (χ1v) is 11.2. The fourth-order valence-electron chi connectivity index (χ4n) is 3.26. The van der Waals surface area contributed by atoms with Gasteiger partial charge in [0, 0.05) is 5.56 Å². The topological polar surface area (TPSA) is 119 Å². The van der Waals surface area contributed by atoms with Gasteiger partial charge >= 0.3 is 0 Å². The normalized spacial score (nSPS) is 9.29. The molecule has 5 nitrogen and oxygen atoms in total. The summed E-state index contributed by atoms with van der Waals surface area (Å²) >= 11 is 0. The van der Waals surface area contributed by atoms with Crippen LogP contribution in [0.5, 0.6) is 0 Å². The van der Waals surface area contributed by atoms with Crippen molar-refractivity contribution in [2.24, 2.45) is 0 Å². The second-order valence-electron chi connectivity index (χ2n) is 6.68. The Bertz CT molecular complexity index is 1240. The minimum Gasteiger partial charge on any atom is -0.248 e. The third kappa shape index (κ3) is 4.83. The van der Waals surface area contributed by atoms with E-state index in [1.54, 1.807) is 30.3 Å². The van der Waals surface area contributed by atoms with Crippen LogP contribution in [0.3, 0.4) is 0 Å². The van der Waals surface area contributed by atoms with E-state index in [9.17, 15) is 0 Å². The van der Waals surface area contributed by atoms with E-state index in [4.69, 9.17) is 26.3 Å². The van der Waals surface area contributed by atoms with Gasteiger partial charge in [-0.1, -0.05) is 54.6 Å². The molecule has 0 unspecified atom stereocenters. The maximum atomic E-state index is 8.72. The second kappa shape index (κ2) is 11.4. The first kappa shape index (κ1) is 23.5. The van der Waals surface area contributed by atoms with Crippen molar-refractivity contribution in [2.75, 3.05) is 0 Å². The standard InChI is InChI=1S/C18H15S.C10N5/c1-4-10-16(11-5-1)19(17-12-6-2-7-13-17)18-14-8-3-9-15-18;11-1-6-7(2-12)9(4-14)10(5-15)8(6)3-13/h1-15H;/q+1;-1. The summed E-state index contributed by atoms with van der Waals surface area (Å²) in [4.78, 5) is 4.08. The summed E-state index contributed by atoms with van der Waals surface area (Å²) in [6.07, 6.45) is 0. The summed E-state index contributed by atoms with van der Waals surface area (Å²) in [7, 11) is -0.0146. The van der Waals surface area contributed by atoms with Crippen molar-refractivity contribution >= 4 is 10.9 Å². The molecule has 0 aliphatic rings. The van der Waals surface area contributed by atoms with Crippen LogP contribution in [0.4, 0.5) is 0 Å². The molecule has 0 bridgehead atoms. The van der Waals surface area contributed by atoms with E-state index in [-0.39, 0.29) is 38.7 Å². The van der Waals surface area contributed by atoms with Gasteiger partial charge in [0.25, 0.3) is 0 Å². The Kier molecular flexibility index (Phi) is 7.89. The molecule has 0 aliphatic carbocycles. The molecule has 0 heterocycles. The lowest BCUT2D eigenvalue weighted by molar-refractivity contribution is 1.32. The van der Waals surface area contributed by atoms with Gasteiger partial charge in [0.05, 0.1) is 29.1 Å². The summed E-state index contributed by atoms with van der Waals surface area (Å²) in [6.45, 7) is 0. The summed E-state index contributed by atoms with van der Waals surface area (Å²) in [6, 6.07) is 40.4. The molecule has 0 atom stereocenters. The lowest BCUT2D eigenvalue weighted by Gasteiger charge is -2.07. The highest BCUT2D eigenvalue weighted by Gasteiger charge is 2.27. The van der Waals surface area contributed by atoms with Gasteiger partial charge in [0.15, 0.2) is 14.7 Å². The lowest BCUT2D eigenvalue weighted by Crippen LogP contribution is -2.04. The molecule has 4 rings (SSSR count).